The molecular weight excluding hydrogens is 392 g/mol. The number of amides is 2. The lowest BCUT2D eigenvalue weighted by Gasteiger charge is -2.35. The smallest absolute Gasteiger partial charge is 0.258 e. The molecule has 7 heteroatoms. The predicted molar refractivity (Wildman–Crippen MR) is 123 cm³/mol. The normalized spacial score (nSPS) is 16.9. The molecule has 0 spiro atoms. The highest BCUT2D eigenvalue weighted by atomic mass is 16.2. The van der Waals surface area contributed by atoms with Crippen molar-refractivity contribution in [3.05, 3.63) is 46.9 Å². The molecule has 168 valence electrons. The monoisotopic (exact) mass is 426 g/mol. The molecular formula is C24H34N4O3. The maximum atomic E-state index is 12.5. The molecule has 2 N–H and O–H groups in total. The number of fused-ring (bicyclic) bond motifs is 1. The quantitative estimate of drug-likeness (QED) is 0.571. The molecule has 3 rings (SSSR count). The summed E-state index contributed by atoms with van der Waals surface area (Å²) in [6, 6.07) is 9.82. The van der Waals surface area contributed by atoms with Crippen molar-refractivity contribution >= 4 is 22.6 Å². The van der Waals surface area contributed by atoms with Gasteiger partial charge in [-0.15, -0.1) is 0 Å². The fourth-order valence-electron chi connectivity index (χ4n) is 4.30. The Kier molecular flexibility index (Phi) is 8.64. The largest absolute Gasteiger partial charge is 0.356 e. The number of nitrogens with one attached hydrogen (secondary N) is 2. The van der Waals surface area contributed by atoms with Gasteiger partial charge >= 0.3 is 0 Å². The van der Waals surface area contributed by atoms with Gasteiger partial charge < -0.3 is 20.1 Å². The second-order valence-corrected chi connectivity index (χ2v) is 8.23. The third-order valence-electron chi connectivity index (χ3n) is 6.04. The Bertz CT molecular complexity index is 940. The summed E-state index contributed by atoms with van der Waals surface area (Å²) < 4.78 is 1.39. The molecule has 0 saturated carbocycles. The highest BCUT2D eigenvalue weighted by Crippen LogP contribution is 2.19. The Morgan fingerprint density at radius 3 is 2.71 bits per heavy atom. The Balaban J connectivity index is 1.32. The molecule has 1 saturated heterocycles. The fourth-order valence-corrected chi connectivity index (χ4v) is 4.30. The van der Waals surface area contributed by atoms with Crippen LogP contribution in [0.1, 0.15) is 45.4 Å². The minimum atomic E-state index is -0.277. The Labute approximate surface area is 183 Å². The Hall–Kier alpha value is -2.67. The van der Waals surface area contributed by atoms with E-state index in [1.165, 1.54) is 36.8 Å². The van der Waals surface area contributed by atoms with Gasteiger partial charge in [-0.25, -0.2) is 0 Å². The summed E-state index contributed by atoms with van der Waals surface area (Å²) in [5.41, 5.74) is -0.190. The van der Waals surface area contributed by atoms with Crippen molar-refractivity contribution in [2.24, 2.45) is 0 Å². The summed E-state index contributed by atoms with van der Waals surface area (Å²) in [6.07, 6.45) is 7.88. The highest BCUT2D eigenvalue weighted by Gasteiger charge is 2.19. The van der Waals surface area contributed by atoms with Gasteiger partial charge in [0, 0.05) is 43.7 Å². The first-order valence-corrected chi connectivity index (χ1v) is 11.4. The van der Waals surface area contributed by atoms with Crippen LogP contribution in [0.4, 0.5) is 0 Å². The molecule has 31 heavy (non-hydrogen) atoms. The lowest BCUT2D eigenvalue weighted by molar-refractivity contribution is -0.122. The zero-order valence-electron chi connectivity index (χ0n) is 18.4. The number of hydrogen-bond donors (Lipinski definition) is 2. The van der Waals surface area contributed by atoms with E-state index < -0.39 is 0 Å². The van der Waals surface area contributed by atoms with Gasteiger partial charge in [0.05, 0.1) is 0 Å². The lowest BCUT2D eigenvalue weighted by Crippen LogP contribution is -2.40. The van der Waals surface area contributed by atoms with Gasteiger partial charge in [0.15, 0.2) is 0 Å². The van der Waals surface area contributed by atoms with Crippen molar-refractivity contribution in [1.82, 2.24) is 20.1 Å². The molecule has 1 aliphatic heterocycles. The highest BCUT2D eigenvalue weighted by molar-refractivity contribution is 5.82. The number of likely N-dealkylation sites (tertiary alicyclic amines) is 1. The summed E-state index contributed by atoms with van der Waals surface area (Å²) >= 11 is 0. The van der Waals surface area contributed by atoms with Crippen molar-refractivity contribution < 1.29 is 9.59 Å². The molecule has 2 heterocycles. The van der Waals surface area contributed by atoms with Gasteiger partial charge in [-0.1, -0.05) is 31.5 Å². The Morgan fingerprint density at radius 2 is 1.87 bits per heavy atom. The fraction of sp³-hybridized carbons (Fsp3) is 0.542. The number of pyridine rings is 1. The summed E-state index contributed by atoms with van der Waals surface area (Å²) in [5.74, 6) is -0.338. The van der Waals surface area contributed by atoms with E-state index >= 15 is 0 Å². The van der Waals surface area contributed by atoms with Crippen molar-refractivity contribution in [3.8, 4) is 0 Å². The maximum absolute atomic E-state index is 12.5. The van der Waals surface area contributed by atoms with E-state index in [2.05, 4.69) is 22.5 Å². The zero-order valence-corrected chi connectivity index (χ0v) is 18.4. The van der Waals surface area contributed by atoms with Crippen LogP contribution in [0.25, 0.3) is 10.8 Å². The first-order valence-electron chi connectivity index (χ1n) is 11.4. The van der Waals surface area contributed by atoms with E-state index in [9.17, 15) is 14.4 Å². The van der Waals surface area contributed by atoms with Crippen LogP contribution in [0.2, 0.25) is 0 Å². The minimum absolute atomic E-state index is 0.0558. The van der Waals surface area contributed by atoms with Crippen molar-refractivity contribution in [1.29, 1.82) is 0 Å². The number of rotatable bonds is 10. The second-order valence-electron chi connectivity index (χ2n) is 8.23. The summed E-state index contributed by atoms with van der Waals surface area (Å²) in [4.78, 5) is 39.2. The van der Waals surface area contributed by atoms with Gasteiger partial charge in [0.2, 0.25) is 11.8 Å². The molecule has 2 aromatic rings. The molecule has 1 aliphatic rings. The first-order chi connectivity index (χ1) is 15.1. The lowest BCUT2D eigenvalue weighted by atomic mass is 10.00. The summed E-state index contributed by atoms with van der Waals surface area (Å²) in [6.45, 7) is 5.30. The molecule has 1 aromatic heterocycles. The number of aromatic nitrogens is 1. The van der Waals surface area contributed by atoms with Crippen molar-refractivity contribution in [3.63, 3.8) is 0 Å². The van der Waals surface area contributed by atoms with Gasteiger partial charge in [0.25, 0.3) is 5.56 Å². The molecule has 1 atom stereocenters. The van der Waals surface area contributed by atoms with E-state index in [0.717, 1.165) is 18.4 Å². The zero-order chi connectivity index (χ0) is 22.1. The van der Waals surface area contributed by atoms with Crippen LogP contribution in [-0.2, 0) is 16.1 Å². The van der Waals surface area contributed by atoms with E-state index in [1.807, 2.05) is 18.2 Å². The van der Waals surface area contributed by atoms with Gasteiger partial charge in [-0.3, -0.25) is 14.4 Å². The number of piperidine rings is 1. The number of hydrogen-bond acceptors (Lipinski definition) is 4. The van der Waals surface area contributed by atoms with E-state index in [-0.39, 0.29) is 36.9 Å². The molecule has 0 radical (unpaired) electrons. The van der Waals surface area contributed by atoms with Crippen LogP contribution in [0, 0.1) is 0 Å². The summed E-state index contributed by atoms with van der Waals surface area (Å²) in [5, 5.41) is 7.10. The predicted octanol–water partition coefficient (Wildman–Crippen LogP) is 2.28. The molecule has 1 aromatic carbocycles. The van der Waals surface area contributed by atoms with Gasteiger partial charge in [-0.05, 0) is 49.7 Å². The average Bonchev–Trinajstić information content (AvgIpc) is 2.79. The van der Waals surface area contributed by atoms with Crippen molar-refractivity contribution in [2.45, 2.75) is 58.0 Å². The molecule has 7 nitrogen and oxygen atoms in total. The maximum Gasteiger partial charge on any atom is 0.258 e. The molecule has 0 aliphatic carbocycles. The third kappa shape index (κ3) is 6.66. The van der Waals surface area contributed by atoms with E-state index in [4.69, 9.17) is 0 Å². The second kappa shape index (κ2) is 11.6. The molecule has 0 unspecified atom stereocenters. The number of carbonyl (C=O) groups is 2. The SMILES string of the molecule is CC[C@H]1CCCCN1CCCNC(=O)CCNC(=O)Cn1ccc2ccccc2c1=O. The van der Waals surface area contributed by atoms with Crippen LogP contribution in [-0.4, -0.2) is 53.5 Å². The van der Waals surface area contributed by atoms with E-state index in [0.29, 0.717) is 18.0 Å². The average molecular weight is 427 g/mol. The molecule has 2 amide bonds. The van der Waals surface area contributed by atoms with Crippen molar-refractivity contribution in [2.75, 3.05) is 26.2 Å². The molecule has 0 bridgehead atoms. The van der Waals surface area contributed by atoms with Gasteiger partial charge in [0.1, 0.15) is 6.54 Å². The standard InChI is InChI=1S/C24H34N4O3/c1-2-20-9-5-6-15-27(20)16-7-13-25-22(29)11-14-26-23(30)18-28-17-12-19-8-3-4-10-21(19)24(28)31/h3-4,8,10,12,17,20H,2,5-7,9,11,13-16,18H2,1H3,(H,25,29)(H,26,30)/t20-/m0/s1. The molecule has 1 fully saturated rings. The van der Waals surface area contributed by atoms with Crippen LogP contribution in [0.3, 0.4) is 0 Å². The van der Waals surface area contributed by atoms with Crippen LogP contribution < -0.4 is 16.2 Å². The van der Waals surface area contributed by atoms with Crippen LogP contribution >= 0.6 is 0 Å². The Morgan fingerprint density at radius 1 is 1.06 bits per heavy atom. The number of carbonyl (C=O) groups excluding carboxylic acids is 2. The van der Waals surface area contributed by atoms with Gasteiger partial charge in [-0.2, -0.15) is 0 Å². The third-order valence-corrected chi connectivity index (χ3v) is 6.04. The minimum Gasteiger partial charge on any atom is -0.356 e. The number of nitrogens with zero attached hydrogens (tertiary/aromatic N) is 2. The van der Waals surface area contributed by atoms with E-state index in [1.54, 1.807) is 18.3 Å². The topological polar surface area (TPSA) is 83.4 Å². The van der Waals surface area contributed by atoms with Crippen LogP contribution in [0.5, 0.6) is 0 Å². The summed E-state index contributed by atoms with van der Waals surface area (Å²) in [7, 11) is 0. The first kappa shape index (κ1) is 23.0. The number of benzene rings is 1. The van der Waals surface area contributed by atoms with Crippen LogP contribution in [0.15, 0.2) is 41.3 Å².